The SMILES string of the molecule is N#CCCNC(CN1CCC(O)C1)c1ccccc1. The summed E-state index contributed by atoms with van der Waals surface area (Å²) in [6, 6.07) is 12.7. The van der Waals surface area contributed by atoms with Crippen molar-refractivity contribution < 1.29 is 5.11 Å². The molecule has 1 aliphatic heterocycles. The molecule has 102 valence electrons. The summed E-state index contributed by atoms with van der Waals surface area (Å²) in [7, 11) is 0. The first-order chi connectivity index (χ1) is 9.29. The molecule has 0 bridgehead atoms. The van der Waals surface area contributed by atoms with Gasteiger partial charge in [0.05, 0.1) is 12.2 Å². The molecule has 1 aliphatic rings. The van der Waals surface area contributed by atoms with Crippen LogP contribution in [0.5, 0.6) is 0 Å². The Morgan fingerprint density at radius 2 is 2.21 bits per heavy atom. The van der Waals surface area contributed by atoms with E-state index in [-0.39, 0.29) is 12.1 Å². The van der Waals surface area contributed by atoms with E-state index >= 15 is 0 Å². The highest BCUT2D eigenvalue weighted by molar-refractivity contribution is 5.19. The van der Waals surface area contributed by atoms with Crippen LogP contribution < -0.4 is 5.32 Å². The highest BCUT2D eigenvalue weighted by Gasteiger charge is 2.23. The number of hydrogen-bond acceptors (Lipinski definition) is 4. The Morgan fingerprint density at radius 3 is 2.84 bits per heavy atom. The molecule has 2 atom stereocenters. The van der Waals surface area contributed by atoms with Crippen molar-refractivity contribution >= 4 is 0 Å². The van der Waals surface area contributed by atoms with Gasteiger partial charge >= 0.3 is 0 Å². The summed E-state index contributed by atoms with van der Waals surface area (Å²) in [5.74, 6) is 0. The number of nitriles is 1. The Balaban J connectivity index is 1.96. The molecule has 2 unspecified atom stereocenters. The molecule has 2 N–H and O–H groups in total. The molecular weight excluding hydrogens is 238 g/mol. The van der Waals surface area contributed by atoms with Crippen molar-refractivity contribution in [2.75, 3.05) is 26.2 Å². The molecule has 19 heavy (non-hydrogen) atoms. The van der Waals surface area contributed by atoms with Gasteiger partial charge in [-0.2, -0.15) is 5.26 Å². The lowest BCUT2D eigenvalue weighted by molar-refractivity contribution is 0.172. The Hall–Kier alpha value is -1.41. The minimum absolute atomic E-state index is 0.185. The van der Waals surface area contributed by atoms with Crippen LogP contribution in [0.15, 0.2) is 30.3 Å². The monoisotopic (exact) mass is 259 g/mol. The predicted molar refractivity (Wildman–Crippen MR) is 74.5 cm³/mol. The lowest BCUT2D eigenvalue weighted by Crippen LogP contribution is -2.35. The minimum Gasteiger partial charge on any atom is -0.392 e. The highest BCUT2D eigenvalue weighted by atomic mass is 16.3. The van der Waals surface area contributed by atoms with Gasteiger partial charge in [-0.05, 0) is 12.0 Å². The minimum atomic E-state index is -0.185. The summed E-state index contributed by atoms with van der Waals surface area (Å²) >= 11 is 0. The van der Waals surface area contributed by atoms with Crippen LogP contribution in [0.3, 0.4) is 0 Å². The van der Waals surface area contributed by atoms with Gasteiger partial charge in [0.25, 0.3) is 0 Å². The van der Waals surface area contributed by atoms with E-state index in [0.29, 0.717) is 13.0 Å². The van der Waals surface area contributed by atoms with Crippen LogP contribution in [0.4, 0.5) is 0 Å². The van der Waals surface area contributed by atoms with E-state index in [4.69, 9.17) is 5.26 Å². The highest BCUT2D eigenvalue weighted by Crippen LogP contribution is 2.17. The molecule has 0 radical (unpaired) electrons. The summed E-state index contributed by atoms with van der Waals surface area (Å²) in [6.45, 7) is 3.28. The normalized spacial score (nSPS) is 21.2. The van der Waals surface area contributed by atoms with Gasteiger partial charge in [0.15, 0.2) is 0 Å². The van der Waals surface area contributed by atoms with Gasteiger partial charge in [-0.25, -0.2) is 0 Å². The number of nitrogens with one attached hydrogen (secondary N) is 1. The van der Waals surface area contributed by atoms with E-state index in [9.17, 15) is 5.11 Å². The second-order valence-electron chi connectivity index (χ2n) is 5.03. The standard InChI is InChI=1S/C15H21N3O/c16-8-4-9-17-15(13-5-2-1-3-6-13)12-18-10-7-14(19)11-18/h1-3,5-6,14-15,17,19H,4,7,9-12H2. The van der Waals surface area contributed by atoms with Crippen molar-refractivity contribution in [1.82, 2.24) is 10.2 Å². The lowest BCUT2D eigenvalue weighted by atomic mass is 10.1. The van der Waals surface area contributed by atoms with Crippen LogP contribution in [0.25, 0.3) is 0 Å². The van der Waals surface area contributed by atoms with Crippen molar-refractivity contribution in [1.29, 1.82) is 5.26 Å². The molecule has 2 rings (SSSR count). The number of rotatable bonds is 6. The Labute approximate surface area is 114 Å². The maximum atomic E-state index is 9.59. The van der Waals surface area contributed by atoms with E-state index in [0.717, 1.165) is 26.1 Å². The molecule has 1 fully saturated rings. The van der Waals surface area contributed by atoms with E-state index in [1.807, 2.05) is 18.2 Å². The zero-order valence-electron chi connectivity index (χ0n) is 11.1. The summed E-state index contributed by atoms with van der Waals surface area (Å²) < 4.78 is 0. The largest absolute Gasteiger partial charge is 0.392 e. The number of aliphatic hydroxyl groups is 1. The molecule has 1 saturated heterocycles. The molecule has 0 aliphatic carbocycles. The molecule has 0 aromatic heterocycles. The van der Waals surface area contributed by atoms with Crippen molar-refractivity contribution in [3.05, 3.63) is 35.9 Å². The second kappa shape index (κ2) is 7.25. The van der Waals surface area contributed by atoms with Crippen LogP contribution in [-0.2, 0) is 0 Å². The smallest absolute Gasteiger partial charge is 0.0679 e. The van der Waals surface area contributed by atoms with Crippen LogP contribution in [-0.4, -0.2) is 42.3 Å². The molecule has 1 aromatic carbocycles. The van der Waals surface area contributed by atoms with Gasteiger partial charge < -0.3 is 10.4 Å². The van der Waals surface area contributed by atoms with Gasteiger partial charge in [-0.3, -0.25) is 4.90 Å². The number of likely N-dealkylation sites (tertiary alicyclic amines) is 1. The van der Waals surface area contributed by atoms with Crippen LogP contribution in [0, 0.1) is 11.3 Å². The first kappa shape index (κ1) is 14.0. The third-order valence-electron chi connectivity index (χ3n) is 3.52. The molecule has 4 nitrogen and oxygen atoms in total. The summed E-state index contributed by atoms with van der Waals surface area (Å²) in [5, 5.41) is 21.7. The van der Waals surface area contributed by atoms with Crippen LogP contribution in [0.2, 0.25) is 0 Å². The van der Waals surface area contributed by atoms with Crippen LogP contribution in [0.1, 0.15) is 24.4 Å². The van der Waals surface area contributed by atoms with Gasteiger partial charge in [-0.15, -0.1) is 0 Å². The Morgan fingerprint density at radius 1 is 1.42 bits per heavy atom. The first-order valence-corrected chi connectivity index (χ1v) is 6.85. The van der Waals surface area contributed by atoms with Gasteiger partial charge in [0, 0.05) is 38.6 Å². The number of aliphatic hydroxyl groups excluding tert-OH is 1. The van der Waals surface area contributed by atoms with Gasteiger partial charge in [0.1, 0.15) is 0 Å². The van der Waals surface area contributed by atoms with Crippen molar-refractivity contribution in [3.63, 3.8) is 0 Å². The van der Waals surface area contributed by atoms with Crippen molar-refractivity contribution in [2.24, 2.45) is 0 Å². The molecule has 1 aromatic rings. The predicted octanol–water partition coefficient (Wildman–Crippen LogP) is 1.30. The third kappa shape index (κ3) is 4.32. The average molecular weight is 259 g/mol. The average Bonchev–Trinajstić information content (AvgIpc) is 2.84. The fourth-order valence-corrected chi connectivity index (χ4v) is 2.51. The number of β-amino-alcohol motifs (C(OH)–C–C–N with tert-alkyl or cyclic N) is 1. The molecule has 4 heteroatoms. The molecule has 0 spiro atoms. The lowest BCUT2D eigenvalue weighted by Gasteiger charge is -2.24. The quantitative estimate of drug-likeness (QED) is 0.756. The van der Waals surface area contributed by atoms with E-state index < -0.39 is 0 Å². The Kier molecular flexibility index (Phi) is 5.34. The summed E-state index contributed by atoms with van der Waals surface area (Å²) in [5.41, 5.74) is 1.24. The number of benzene rings is 1. The zero-order chi connectivity index (χ0) is 13.5. The fraction of sp³-hybridized carbons (Fsp3) is 0.533. The molecule has 0 saturated carbocycles. The maximum Gasteiger partial charge on any atom is 0.0679 e. The fourth-order valence-electron chi connectivity index (χ4n) is 2.51. The molecular formula is C15H21N3O. The second-order valence-corrected chi connectivity index (χ2v) is 5.03. The van der Waals surface area contributed by atoms with Crippen LogP contribution >= 0.6 is 0 Å². The molecule has 0 amide bonds. The summed E-state index contributed by atoms with van der Waals surface area (Å²) in [6.07, 6.45) is 1.20. The zero-order valence-corrected chi connectivity index (χ0v) is 11.1. The van der Waals surface area contributed by atoms with Crippen molar-refractivity contribution in [3.8, 4) is 6.07 Å². The number of nitrogens with zero attached hydrogens (tertiary/aromatic N) is 2. The Bertz CT molecular complexity index is 415. The number of hydrogen-bond donors (Lipinski definition) is 2. The van der Waals surface area contributed by atoms with Gasteiger partial charge in [-0.1, -0.05) is 30.3 Å². The van der Waals surface area contributed by atoms with Gasteiger partial charge in [0.2, 0.25) is 0 Å². The summed E-state index contributed by atoms with van der Waals surface area (Å²) in [4.78, 5) is 2.28. The van der Waals surface area contributed by atoms with E-state index in [2.05, 4.69) is 28.4 Å². The van der Waals surface area contributed by atoms with E-state index in [1.165, 1.54) is 5.56 Å². The topological polar surface area (TPSA) is 59.3 Å². The van der Waals surface area contributed by atoms with Crippen molar-refractivity contribution in [2.45, 2.75) is 25.0 Å². The first-order valence-electron chi connectivity index (χ1n) is 6.85. The van der Waals surface area contributed by atoms with E-state index in [1.54, 1.807) is 0 Å². The molecule has 1 heterocycles. The maximum absolute atomic E-state index is 9.59. The third-order valence-corrected chi connectivity index (χ3v) is 3.52.